The number of aromatic hydroxyl groups is 1. The molecule has 3 rings (SSSR count). The zero-order valence-electron chi connectivity index (χ0n) is 8.97. The molecule has 0 amide bonds. The summed E-state index contributed by atoms with van der Waals surface area (Å²) in [6.45, 7) is 1.93. The summed E-state index contributed by atoms with van der Waals surface area (Å²) in [5, 5.41) is 10.6. The highest BCUT2D eigenvalue weighted by atomic mass is 32.1. The van der Waals surface area contributed by atoms with Crippen molar-refractivity contribution in [3.05, 3.63) is 39.9 Å². The van der Waals surface area contributed by atoms with Crippen LogP contribution in [0.25, 0.3) is 15.9 Å². The fraction of sp³-hybridized carbons (Fsp3) is 0.0909. The second-order valence-electron chi connectivity index (χ2n) is 3.67. The van der Waals surface area contributed by atoms with Crippen molar-refractivity contribution in [1.82, 2.24) is 14.5 Å². The van der Waals surface area contributed by atoms with Gasteiger partial charge in [-0.05, 0) is 25.1 Å². The van der Waals surface area contributed by atoms with Gasteiger partial charge in [0.2, 0.25) is 5.88 Å². The molecular weight excluding hydrogens is 238 g/mol. The zero-order chi connectivity index (χ0) is 12.0. The smallest absolute Gasteiger partial charge is 0.333 e. The lowest BCUT2D eigenvalue weighted by Gasteiger charge is -2.01. The Morgan fingerprint density at radius 2 is 2.29 bits per heavy atom. The Hall–Kier alpha value is -2.08. The molecule has 0 aliphatic rings. The number of nitrogens with zero attached hydrogens (tertiary/aromatic N) is 2. The molecular formula is C11H9N3O2S. The van der Waals surface area contributed by atoms with Crippen LogP contribution in [0.2, 0.25) is 0 Å². The molecule has 0 radical (unpaired) electrons. The van der Waals surface area contributed by atoms with Crippen molar-refractivity contribution in [3.63, 3.8) is 0 Å². The van der Waals surface area contributed by atoms with E-state index in [1.54, 1.807) is 17.4 Å². The summed E-state index contributed by atoms with van der Waals surface area (Å²) < 4.78 is 2.21. The molecule has 0 spiro atoms. The van der Waals surface area contributed by atoms with Gasteiger partial charge in [-0.2, -0.15) is 0 Å². The molecule has 0 aliphatic heterocycles. The van der Waals surface area contributed by atoms with E-state index in [0.717, 1.165) is 15.2 Å². The first kappa shape index (κ1) is 10.1. The molecule has 86 valence electrons. The Balaban J connectivity index is 2.28. The molecule has 0 saturated carbocycles. The quantitative estimate of drug-likeness (QED) is 0.688. The Morgan fingerprint density at radius 3 is 3.00 bits per heavy atom. The standard InChI is InChI=1S/C11H9N3O2S/c1-6-13-8-3-2-7(4-9(8)17-6)14-10(15)5-12-11(14)16/h2-5,15H,1H3,(H,12,16). The van der Waals surface area contributed by atoms with Gasteiger partial charge < -0.3 is 10.1 Å². The summed E-state index contributed by atoms with van der Waals surface area (Å²) in [6, 6.07) is 5.44. The predicted octanol–water partition coefficient (Wildman–Crippen LogP) is 1.79. The highest BCUT2D eigenvalue weighted by molar-refractivity contribution is 7.18. The van der Waals surface area contributed by atoms with E-state index in [2.05, 4.69) is 9.97 Å². The molecule has 5 nitrogen and oxygen atoms in total. The minimum Gasteiger partial charge on any atom is -0.493 e. The van der Waals surface area contributed by atoms with E-state index in [1.807, 2.05) is 19.1 Å². The Morgan fingerprint density at radius 1 is 1.47 bits per heavy atom. The summed E-state index contributed by atoms with van der Waals surface area (Å²) in [4.78, 5) is 18.3. The van der Waals surface area contributed by atoms with E-state index >= 15 is 0 Å². The van der Waals surface area contributed by atoms with Gasteiger partial charge in [0.05, 0.1) is 27.1 Å². The van der Waals surface area contributed by atoms with E-state index in [4.69, 9.17) is 0 Å². The second-order valence-corrected chi connectivity index (χ2v) is 4.91. The van der Waals surface area contributed by atoms with E-state index in [9.17, 15) is 9.90 Å². The van der Waals surface area contributed by atoms with Crippen LogP contribution in [-0.2, 0) is 0 Å². The van der Waals surface area contributed by atoms with Gasteiger partial charge in [0.25, 0.3) is 0 Å². The Labute approximate surface area is 100.0 Å². The Bertz CT molecular complexity index is 754. The fourth-order valence-electron chi connectivity index (χ4n) is 1.78. The number of aryl methyl sites for hydroxylation is 1. The maximum atomic E-state index is 11.5. The third kappa shape index (κ3) is 1.53. The minimum atomic E-state index is -0.358. The van der Waals surface area contributed by atoms with E-state index < -0.39 is 0 Å². The van der Waals surface area contributed by atoms with Gasteiger partial charge in [-0.25, -0.2) is 14.3 Å². The Kier molecular flexibility index (Phi) is 2.05. The summed E-state index contributed by atoms with van der Waals surface area (Å²) in [6.07, 6.45) is 1.27. The van der Waals surface area contributed by atoms with Crippen LogP contribution in [0.3, 0.4) is 0 Å². The number of nitrogens with one attached hydrogen (secondary N) is 1. The topological polar surface area (TPSA) is 70.9 Å². The third-order valence-electron chi connectivity index (χ3n) is 2.49. The first-order chi connectivity index (χ1) is 8.15. The number of hydrogen-bond donors (Lipinski definition) is 2. The lowest BCUT2D eigenvalue weighted by molar-refractivity contribution is 0.441. The summed E-state index contributed by atoms with van der Waals surface area (Å²) in [7, 11) is 0. The molecule has 0 unspecified atom stereocenters. The van der Waals surface area contributed by atoms with Crippen molar-refractivity contribution in [3.8, 4) is 11.6 Å². The van der Waals surface area contributed by atoms with Crippen LogP contribution in [0, 0.1) is 6.92 Å². The molecule has 0 fully saturated rings. The van der Waals surface area contributed by atoms with Crippen molar-refractivity contribution < 1.29 is 5.11 Å². The molecule has 6 heteroatoms. The van der Waals surface area contributed by atoms with Gasteiger partial charge in [0, 0.05) is 0 Å². The molecule has 2 aromatic heterocycles. The van der Waals surface area contributed by atoms with E-state index in [1.165, 1.54) is 10.8 Å². The van der Waals surface area contributed by atoms with Crippen LogP contribution in [0.15, 0.2) is 29.2 Å². The lowest BCUT2D eigenvalue weighted by Crippen LogP contribution is -2.14. The van der Waals surface area contributed by atoms with Crippen LogP contribution in [-0.4, -0.2) is 19.6 Å². The number of H-pyrrole nitrogens is 1. The third-order valence-corrected chi connectivity index (χ3v) is 3.43. The van der Waals surface area contributed by atoms with Crippen LogP contribution < -0.4 is 5.69 Å². The van der Waals surface area contributed by atoms with Gasteiger partial charge in [-0.15, -0.1) is 11.3 Å². The fourth-order valence-corrected chi connectivity index (χ4v) is 2.64. The molecule has 2 N–H and O–H groups in total. The van der Waals surface area contributed by atoms with E-state index in [0.29, 0.717) is 5.69 Å². The van der Waals surface area contributed by atoms with Crippen molar-refractivity contribution in [2.75, 3.05) is 0 Å². The number of aromatic nitrogens is 3. The molecule has 2 heterocycles. The second kappa shape index (κ2) is 3.46. The van der Waals surface area contributed by atoms with Gasteiger partial charge >= 0.3 is 5.69 Å². The maximum Gasteiger partial charge on any atom is 0.333 e. The van der Waals surface area contributed by atoms with Crippen molar-refractivity contribution in [2.45, 2.75) is 6.92 Å². The molecule has 1 aromatic carbocycles. The van der Waals surface area contributed by atoms with Crippen LogP contribution >= 0.6 is 11.3 Å². The monoisotopic (exact) mass is 247 g/mol. The SMILES string of the molecule is Cc1nc2ccc(-n3c(O)c[nH]c3=O)cc2s1. The summed E-state index contributed by atoms with van der Waals surface area (Å²) in [5.74, 6) is -0.101. The summed E-state index contributed by atoms with van der Waals surface area (Å²) in [5.41, 5.74) is 1.17. The molecule has 17 heavy (non-hydrogen) atoms. The largest absolute Gasteiger partial charge is 0.493 e. The number of rotatable bonds is 1. The number of benzene rings is 1. The minimum absolute atomic E-state index is 0.101. The van der Waals surface area contributed by atoms with Crippen LogP contribution in [0.1, 0.15) is 5.01 Å². The van der Waals surface area contributed by atoms with Crippen LogP contribution in [0.4, 0.5) is 0 Å². The first-order valence-electron chi connectivity index (χ1n) is 5.02. The number of thiazole rings is 1. The average molecular weight is 247 g/mol. The van der Waals surface area contributed by atoms with E-state index in [-0.39, 0.29) is 11.6 Å². The number of aromatic amines is 1. The number of hydrogen-bond acceptors (Lipinski definition) is 4. The van der Waals surface area contributed by atoms with Crippen molar-refractivity contribution in [1.29, 1.82) is 0 Å². The van der Waals surface area contributed by atoms with Gasteiger partial charge in [-0.3, -0.25) is 0 Å². The normalized spacial score (nSPS) is 11.1. The molecule has 0 bridgehead atoms. The van der Waals surface area contributed by atoms with Crippen molar-refractivity contribution >= 4 is 21.6 Å². The van der Waals surface area contributed by atoms with Gasteiger partial charge in [-0.1, -0.05) is 0 Å². The molecule has 0 aliphatic carbocycles. The lowest BCUT2D eigenvalue weighted by atomic mass is 10.3. The van der Waals surface area contributed by atoms with Crippen LogP contribution in [0.5, 0.6) is 5.88 Å². The number of fused-ring (bicyclic) bond motifs is 1. The maximum absolute atomic E-state index is 11.5. The van der Waals surface area contributed by atoms with Crippen molar-refractivity contribution in [2.24, 2.45) is 0 Å². The van der Waals surface area contributed by atoms with Gasteiger partial charge in [0.1, 0.15) is 0 Å². The highest BCUT2D eigenvalue weighted by Gasteiger charge is 2.08. The van der Waals surface area contributed by atoms with Gasteiger partial charge in [0.15, 0.2) is 0 Å². The molecule has 3 aromatic rings. The highest BCUT2D eigenvalue weighted by Crippen LogP contribution is 2.24. The molecule has 0 atom stereocenters. The zero-order valence-corrected chi connectivity index (χ0v) is 9.78. The average Bonchev–Trinajstić information content (AvgIpc) is 2.80. The predicted molar refractivity (Wildman–Crippen MR) is 66.0 cm³/mol. The summed E-state index contributed by atoms with van der Waals surface area (Å²) >= 11 is 1.56. The molecule has 0 saturated heterocycles. The first-order valence-corrected chi connectivity index (χ1v) is 5.84. The number of imidazole rings is 1.